The van der Waals surface area contributed by atoms with E-state index in [9.17, 15) is 4.79 Å². The Morgan fingerprint density at radius 2 is 2.00 bits per heavy atom. The van der Waals surface area contributed by atoms with E-state index in [0.29, 0.717) is 16.1 Å². The summed E-state index contributed by atoms with van der Waals surface area (Å²) in [4.78, 5) is 17.0. The first-order chi connectivity index (χ1) is 9.65. The highest BCUT2D eigenvalue weighted by molar-refractivity contribution is 7.21. The number of nitrogens with two attached hydrogens (primary N) is 1. The van der Waals surface area contributed by atoms with Crippen molar-refractivity contribution in [1.29, 1.82) is 0 Å². The standard InChI is InChI=1S/C15H13N3OS/c1-9-4-6-10(7-5-9)18-15(19)14-12(16)13-11(20-14)3-2-8-17-13/h2-8H,16H2,1H3,(H,18,19). The predicted octanol–water partition coefficient (Wildman–Crippen LogP) is 3.44. The third-order valence-corrected chi connectivity index (χ3v) is 4.16. The average Bonchev–Trinajstić information content (AvgIpc) is 2.79. The SMILES string of the molecule is Cc1ccc(NC(=O)c2sc3cccnc3c2N)cc1. The number of carbonyl (C=O) groups is 1. The summed E-state index contributed by atoms with van der Waals surface area (Å²) >= 11 is 1.35. The normalized spacial score (nSPS) is 10.7. The van der Waals surface area contributed by atoms with Crippen LogP contribution in [0.4, 0.5) is 11.4 Å². The number of carbonyl (C=O) groups excluding carboxylic acids is 1. The lowest BCUT2D eigenvalue weighted by Crippen LogP contribution is -2.11. The fraction of sp³-hybridized carbons (Fsp3) is 0.0667. The van der Waals surface area contributed by atoms with Crippen LogP contribution in [0.5, 0.6) is 0 Å². The largest absolute Gasteiger partial charge is 0.396 e. The molecule has 2 aromatic heterocycles. The van der Waals surface area contributed by atoms with Crippen molar-refractivity contribution < 1.29 is 4.79 Å². The van der Waals surface area contributed by atoms with Crippen molar-refractivity contribution in [2.75, 3.05) is 11.1 Å². The quantitative estimate of drug-likeness (QED) is 0.757. The summed E-state index contributed by atoms with van der Waals surface area (Å²) in [5.74, 6) is -0.200. The number of amides is 1. The van der Waals surface area contributed by atoms with Gasteiger partial charge in [-0.2, -0.15) is 0 Å². The molecule has 0 aliphatic heterocycles. The van der Waals surface area contributed by atoms with Gasteiger partial charge in [-0.05, 0) is 31.2 Å². The molecular weight excluding hydrogens is 270 g/mol. The Labute approximate surface area is 120 Å². The van der Waals surface area contributed by atoms with E-state index in [2.05, 4.69) is 10.3 Å². The molecule has 5 heteroatoms. The summed E-state index contributed by atoms with van der Waals surface area (Å²) in [5.41, 5.74) is 9.03. The van der Waals surface area contributed by atoms with Gasteiger partial charge in [0.1, 0.15) is 10.4 Å². The summed E-state index contributed by atoms with van der Waals surface area (Å²) in [6.07, 6.45) is 1.67. The first-order valence-corrected chi connectivity index (χ1v) is 6.98. The summed E-state index contributed by atoms with van der Waals surface area (Å²) in [7, 11) is 0. The smallest absolute Gasteiger partial charge is 0.267 e. The Kier molecular flexibility index (Phi) is 3.12. The van der Waals surface area contributed by atoms with Gasteiger partial charge in [0, 0.05) is 11.9 Å². The lowest BCUT2D eigenvalue weighted by atomic mass is 10.2. The van der Waals surface area contributed by atoms with Crippen LogP contribution in [0.15, 0.2) is 42.6 Å². The molecule has 2 heterocycles. The number of hydrogen-bond donors (Lipinski definition) is 2. The Hall–Kier alpha value is -2.40. The minimum absolute atomic E-state index is 0.200. The van der Waals surface area contributed by atoms with Gasteiger partial charge in [0.15, 0.2) is 0 Å². The minimum Gasteiger partial charge on any atom is -0.396 e. The summed E-state index contributed by atoms with van der Waals surface area (Å²) in [6.45, 7) is 2.00. The van der Waals surface area contributed by atoms with Gasteiger partial charge in [-0.25, -0.2) is 0 Å². The maximum Gasteiger partial charge on any atom is 0.267 e. The molecule has 1 amide bonds. The van der Waals surface area contributed by atoms with Crippen molar-refractivity contribution in [3.8, 4) is 0 Å². The molecule has 1 aromatic carbocycles. The maximum absolute atomic E-state index is 12.3. The molecule has 3 aromatic rings. The van der Waals surface area contributed by atoms with Gasteiger partial charge in [-0.1, -0.05) is 17.7 Å². The van der Waals surface area contributed by atoms with E-state index in [0.717, 1.165) is 16.0 Å². The van der Waals surface area contributed by atoms with Gasteiger partial charge in [-0.15, -0.1) is 11.3 Å². The van der Waals surface area contributed by atoms with Crippen LogP contribution in [0.1, 0.15) is 15.2 Å². The molecule has 0 unspecified atom stereocenters. The Morgan fingerprint density at radius 3 is 2.70 bits per heavy atom. The molecule has 0 saturated carbocycles. The van der Waals surface area contributed by atoms with Crippen molar-refractivity contribution >= 4 is 38.8 Å². The second kappa shape index (κ2) is 4.94. The van der Waals surface area contributed by atoms with Gasteiger partial charge in [0.2, 0.25) is 0 Å². The molecule has 0 spiro atoms. The number of thiophene rings is 1. The number of benzene rings is 1. The van der Waals surface area contributed by atoms with Gasteiger partial charge in [-0.3, -0.25) is 9.78 Å². The highest BCUT2D eigenvalue weighted by atomic mass is 32.1. The van der Waals surface area contributed by atoms with Crippen molar-refractivity contribution in [2.45, 2.75) is 6.92 Å². The van der Waals surface area contributed by atoms with Gasteiger partial charge >= 0.3 is 0 Å². The van der Waals surface area contributed by atoms with Crippen LogP contribution < -0.4 is 11.1 Å². The maximum atomic E-state index is 12.3. The molecule has 3 N–H and O–H groups in total. The van der Waals surface area contributed by atoms with Crippen molar-refractivity contribution in [3.05, 3.63) is 53.0 Å². The Morgan fingerprint density at radius 1 is 1.25 bits per heavy atom. The molecule has 0 saturated heterocycles. The molecule has 0 aliphatic rings. The van der Waals surface area contributed by atoms with E-state index in [4.69, 9.17) is 5.73 Å². The topological polar surface area (TPSA) is 68.0 Å². The zero-order chi connectivity index (χ0) is 14.1. The zero-order valence-corrected chi connectivity index (χ0v) is 11.7. The van der Waals surface area contributed by atoms with Crippen LogP contribution >= 0.6 is 11.3 Å². The van der Waals surface area contributed by atoms with Crippen LogP contribution in [-0.2, 0) is 0 Å². The molecule has 0 atom stereocenters. The minimum atomic E-state index is -0.200. The zero-order valence-electron chi connectivity index (χ0n) is 10.9. The van der Waals surface area contributed by atoms with E-state index in [1.807, 2.05) is 43.3 Å². The fourth-order valence-electron chi connectivity index (χ4n) is 1.94. The summed E-state index contributed by atoms with van der Waals surface area (Å²) in [5, 5.41) is 2.85. The van der Waals surface area contributed by atoms with Gasteiger partial charge in [0.25, 0.3) is 5.91 Å². The number of aromatic nitrogens is 1. The van der Waals surface area contributed by atoms with Gasteiger partial charge in [0.05, 0.1) is 10.4 Å². The van der Waals surface area contributed by atoms with Crippen molar-refractivity contribution in [3.63, 3.8) is 0 Å². The number of rotatable bonds is 2. The second-order valence-electron chi connectivity index (χ2n) is 4.52. The number of aryl methyl sites for hydroxylation is 1. The highest BCUT2D eigenvalue weighted by Gasteiger charge is 2.17. The highest BCUT2D eigenvalue weighted by Crippen LogP contribution is 2.32. The third-order valence-electron chi connectivity index (χ3n) is 3.00. The Bertz CT molecular complexity index is 777. The first kappa shape index (κ1) is 12.6. The summed E-state index contributed by atoms with van der Waals surface area (Å²) in [6, 6.07) is 11.4. The molecule has 0 bridgehead atoms. The Balaban J connectivity index is 1.92. The van der Waals surface area contributed by atoms with Crippen LogP contribution in [0.3, 0.4) is 0 Å². The monoisotopic (exact) mass is 283 g/mol. The number of hydrogen-bond acceptors (Lipinski definition) is 4. The number of fused-ring (bicyclic) bond motifs is 1. The first-order valence-electron chi connectivity index (χ1n) is 6.16. The van der Waals surface area contributed by atoms with Gasteiger partial charge < -0.3 is 11.1 Å². The molecule has 3 rings (SSSR count). The van der Waals surface area contributed by atoms with Crippen molar-refractivity contribution in [1.82, 2.24) is 4.98 Å². The van der Waals surface area contributed by atoms with Crippen LogP contribution in [-0.4, -0.2) is 10.9 Å². The van der Waals surface area contributed by atoms with Crippen molar-refractivity contribution in [2.24, 2.45) is 0 Å². The molecular formula is C15H13N3OS. The molecule has 0 radical (unpaired) electrons. The van der Waals surface area contributed by atoms with E-state index in [-0.39, 0.29) is 5.91 Å². The molecule has 4 nitrogen and oxygen atoms in total. The van der Waals surface area contributed by atoms with E-state index >= 15 is 0 Å². The van der Waals surface area contributed by atoms with Crippen LogP contribution in [0.25, 0.3) is 10.2 Å². The van der Waals surface area contributed by atoms with Crippen LogP contribution in [0.2, 0.25) is 0 Å². The number of nitrogens with one attached hydrogen (secondary N) is 1. The summed E-state index contributed by atoms with van der Waals surface area (Å²) < 4.78 is 0.916. The fourth-order valence-corrected chi connectivity index (χ4v) is 2.92. The van der Waals surface area contributed by atoms with E-state index in [1.165, 1.54) is 11.3 Å². The molecule has 0 fully saturated rings. The molecule has 100 valence electrons. The number of anilines is 2. The number of nitrogen functional groups attached to an aromatic ring is 1. The number of pyridine rings is 1. The molecule has 0 aliphatic carbocycles. The molecule has 20 heavy (non-hydrogen) atoms. The predicted molar refractivity (Wildman–Crippen MR) is 83.2 cm³/mol. The average molecular weight is 283 g/mol. The number of nitrogens with zero attached hydrogens (tertiary/aromatic N) is 1. The van der Waals surface area contributed by atoms with Crippen LogP contribution in [0, 0.1) is 6.92 Å². The third kappa shape index (κ3) is 2.23. The lowest BCUT2D eigenvalue weighted by molar-refractivity contribution is 0.103. The van der Waals surface area contributed by atoms with E-state index in [1.54, 1.807) is 6.20 Å². The second-order valence-corrected chi connectivity index (χ2v) is 5.57. The van der Waals surface area contributed by atoms with E-state index < -0.39 is 0 Å². The lowest BCUT2D eigenvalue weighted by Gasteiger charge is -2.04.